The topological polar surface area (TPSA) is 35.6 Å². The molecule has 0 saturated carbocycles. The molecule has 0 aromatic heterocycles. The van der Waals surface area contributed by atoms with E-state index in [2.05, 4.69) is 27.2 Å². The molecule has 1 amide bonds. The van der Waals surface area contributed by atoms with Gasteiger partial charge in [0.25, 0.3) is 0 Å². The molecule has 0 radical (unpaired) electrons. The standard InChI is InChI=1S/C17H23N3O/c21-17-11-13-3-1-2-4-16(13)20(17)14-6-9-19(10-7-14)15-5-8-18-12-15/h1-4,14-15,18H,5-12H2/t15-/m1/s1. The molecule has 2 fully saturated rings. The van der Waals surface area contributed by atoms with Crippen LogP contribution in [0.2, 0.25) is 0 Å². The van der Waals surface area contributed by atoms with Gasteiger partial charge in [-0.1, -0.05) is 18.2 Å². The molecule has 2 saturated heterocycles. The van der Waals surface area contributed by atoms with Crippen LogP contribution in [-0.4, -0.2) is 49.1 Å². The van der Waals surface area contributed by atoms with Crippen LogP contribution in [0.4, 0.5) is 5.69 Å². The van der Waals surface area contributed by atoms with Gasteiger partial charge in [-0.15, -0.1) is 0 Å². The molecule has 0 aliphatic carbocycles. The number of carbonyl (C=O) groups excluding carboxylic acids is 1. The number of nitrogens with zero attached hydrogens (tertiary/aromatic N) is 2. The first-order valence-corrected chi connectivity index (χ1v) is 8.17. The molecule has 1 atom stereocenters. The zero-order valence-corrected chi connectivity index (χ0v) is 12.4. The summed E-state index contributed by atoms with van der Waals surface area (Å²) in [5, 5.41) is 3.45. The lowest BCUT2D eigenvalue weighted by Gasteiger charge is -2.39. The Balaban J connectivity index is 1.45. The highest BCUT2D eigenvalue weighted by Gasteiger charge is 2.35. The molecule has 1 aromatic rings. The largest absolute Gasteiger partial charge is 0.315 e. The number of likely N-dealkylation sites (tertiary alicyclic amines) is 1. The van der Waals surface area contributed by atoms with Crippen LogP contribution >= 0.6 is 0 Å². The number of hydrogen-bond acceptors (Lipinski definition) is 3. The lowest BCUT2D eigenvalue weighted by Crippen LogP contribution is -2.49. The van der Waals surface area contributed by atoms with Gasteiger partial charge in [-0.2, -0.15) is 0 Å². The summed E-state index contributed by atoms with van der Waals surface area (Å²) in [4.78, 5) is 17.1. The maximum absolute atomic E-state index is 12.4. The molecule has 3 aliphatic heterocycles. The third-order valence-electron chi connectivity index (χ3n) is 5.28. The van der Waals surface area contributed by atoms with Gasteiger partial charge in [-0.25, -0.2) is 0 Å². The van der Waals surface area contributed by atoms with Crippen LogP contribution in [0.15, 0.2) is 24.3 Å². The minimum absolute atomic E-state index is 0.289. The van der Waals surface area contributed by atoms with Crippen molar-refractivity contribution in [1.82, 2.24) is 10.2 Å². The zero-order valence-electron chi connectivity index (χ0n) is 12.4. The lowest BCUT2D eigenvalue weighted by molar-refractivity contribution is -0.118. The zero-order chi connectivity index (χ0) is 14.2. The summed E-state index contributed by atoms with van der Waals surface area (Å²) < 4.78 is 0. The Morgan fingerprint density at radius 3 is 2.62 bits per heavy atom. The van der Waals surface area contributed by atoms with Gasteiger partial charge in [0.1, 0.15) is 0 Å². The van der Waals surface area contributed by atoms with Crippen LogP contribution in [0.25, 0.3) is 0 Å². The normalized spacial score (nSPS) is 27.3. The van der Waals surface area contributed by atoms with Crippen LogP contribution in [0.5, 0.6) is 0 Å². The Morgan fingerprint density at radius 1 is 1.05 bits per heavy atom. The smallest absolute Gasteiger partial charge is 0.231 e. The van der Waals surface area contributed by atoms with E-state index in [1.54, 1.807) is 0 Å². The second-order valence-electron chi connectivity index (χ2n) is 6.48. The Kier molecular flexibility index (Phi) is 3.43. The first-order valence-electron chi connectivity index (χ1n) is 8.17. The maximum Gasteiger partial charge on any atom is 0.231 e. The molecule has 1 N–H and O–H groups in total. The number of carbonyl (C=O) groups is 1. The molecule has 0 spiro atoms. The Morgan fingerprint density at radius 2 is 1.86 bits per heavy atom. The minimum Gasteiger partial charge on any atom is -0.315 e. The van der Waals surface area contributed by atoms with Crippen molar-refractivity contribution >= 4 is 11.6 Å². The Labute approximate surface area is 126 Å². The Bertz CT molecular complexity index is 531. The summed E-state index contributed by atoms with van der Waals surface area (Å²) in [5.41, 5.74) is 2.36. The number of hydrogen-bond donors (Lipinski definition) is 1. The van der Waals surface area contributed by atoms with Crippen molar-refractivity contribution in [1.29, 1.82) is 0 Å². The molecule has 0 bridgehead atoms. The first kappa shape index (κ1) is 13.3. The van der Waals surface area contributed by atoms with E-state index < -0.39 is 0 Å². The molecule has 4 rings (SSSR count). The third kappa shape index (κ3) is 2.36. The van der Waals surface area contributed by atoms with Crippen LogP contribution in [0.3, 0.4) is 0 Å². The van der Waals surface area contributed by atoms with Crippen molar-refractivity contribution < 1.29 is 4.79 Å². The fourth-order valence-electron chi connectivity index (χ4n) is 4.14. The van der Waals surface area contributed by atoms with Gasteiger partial charge >= 0.3 is 0 Å². The predicted molar refractivity (Wildman–Crippen MR) is 83.5 cm³/mol. The summed E-state index contributed by atoms with van der Waals surface area (Å²) >= 11 is 0. The minimum atomic E-state index is 0.289. The summed E-state index contributed by atoms with van der Waals surface area (Å²) in [5.74, 6) is 0.289. The SMILES string of the molecule is O=C1Cc2ccccc2N1C1CCN([C@@H]2CCNC2)CC1. The molecular weight excluding hydrogens is 262 g/mol. The first-order chi connectivity index (χ1) is 10.3. The van der Waals surface area contributed by atoms with Crippen molar-refractivity contribution in [2.45, 2.75) is 37.8 Å². The lowest BCUT2D eigenvalue weighted by atomic mass is 10.0. The molecule has 112 valence electrons. The number of amides is 1. The second-order valence-corrected chi connectivity index (χ2v) is 6.48. The second kappa shape index (κ2) is 5.43. The summed E-state index contributed by atoms with van der Waals surface area (Å²) in [6.45, 7) is 4.55. The van der Waals surface area contributed by atoms with Crippen molar-refractivity contribution in [3.8, 4) is 0 Å². The highest BCUT2D eigenvalue weighted by molar-refractivity contribution is 6.01. The average Bonchev–Trinajstić information content (AvgIpc) is 3.14. The van der Waals surface area contributed by atoms with Crippen LogP contribution in [0.1, 0.15) is 24.8 Å². The highest BCUT2D eigenvalue weighted by Crippen LogP contribution is 2.33. The average molecular weight is 285 g/mol. The fraction of sp³-hybridized carbons (Fsp3) is 0.588. The van der Waals surface area contributed by atoms with Crippen LogP contribution < -0.4 is 10.2 Å². The van der Waals surface area contributed by atoms with E-state index in [1.165, 1.54) is 12.0 Å². The van der Waals surface area contributed by atoms with Crippen molar-refractivity contribution in [2.24, 2.45) is 0 Å². The number of fused-ring (bicyclic) bond motifs is 1. The maximum atomic E-state index is 12.4. The van der Waals surface area contributed by atoms with Gasteiger partial charge in [-0.05, 0) is 37.4 Å². The molecule has 4 nitrogen and oxygen atoms in total. The van der Waals surface area contributed by atoms with E-state index in [9.17, 15) is 4.79 Å². The molecule has 3 aliphatic rings. The van der Waals surface area contributed by atoms with E-state index in [0.29, 0.717) is 18.5 Å². The van der Waals surface area contributed by atoms with Crippen molar-refractivity contribution in [3.05, 3.63) is 29.8 Å². The Hall–Kier alpha value is -1.39. The van der Waals surface area contributed by atoms with E-state index in [1.807, 2.05) is 12.1 Å². The van der Waals surface area contributed by atoms with Gasteiger partial charge < -0.3 is 10.2 Å². The quantitative estimate of drug-likeness (QED) is 0.892. The number of rotatable bonds is 2. The van der Waals surface area contributed by atoms with Crippen LogP contribution in [0, 0.1) is 0 Å². The molecule has 1 aromatic carbocycles. The predicted octanol–water partition coefficient (Wildman–Crippen LogP) is 1.40. The molecule has 4 heteroatoms. The number of anilines is 1. The molecular formula is C17H23N3O. The molecule has 3 heterocycles. The van der Waals surface area contributed by atoms with Gasteiger partial charge in [0, 0.05) is 37.4 Å². The molecule has 21 heavy (non-hydrogen) atoms. The number of nitrogens with one attached hydrogen (secondary N) is 1. The van der Waals surface area contributed by atoms with Gasteiger partial charge in [0.05, 0.1) is 6.42 Å². The number of para-hydroxylation sites is 1. The third-order valence-corrected chi connectivity index (χ3v) is 5.28. The van der Waals surface area contributed by atoms with Gasteiger partial charge in [-0.3, -0.25) is 9.69 Å². The van der Waals surface area contributed by atoms with Crippen molar-refractivity contribution in [2.75, 3.05) is 31.1 Å². The van der Waals surface area contributed by atoms with E-state index in [4.69, 9.17) is 0 Å². The summed E-state index contributed by atoms with van der Waals surface area (Å²) in [7, 11) is 0. The van der Waals surface area contributed by atoms with Gasteiger partial charge in [0.15, 0.2) is 0 Å². The number of benzene rings is 1. The fourth-order valence-corrected chi connectivity index (χ4v) is 4.14. The van der Waals surface area contributed by atoms with E-state index in [0.717, 1.165) is 44.7 Å². The van der Waals surface area contributed by atoms with Gasteiger partial charge in [0.2, 0.25) is 5.91 Å². The number of piperidine rings is 1. The summed E-state index contributed by atoms with van der Waals surface area (Å²) in [6.07, 6.45) is 4.08. The monoisotopic (exact) mass is 285 g/mol. The van der Waals surface area contributed by atoms with Crippen molar-refractivity contribution in [3.63, 3.8) is 0 Å². The molecule has 0 unspecified atom stereocenters. The van der Waals surface area contributed by atoms with E-state index in [-0.39, 0.29) is 5.91 Å². The van der Waals surface area contributed by atoms with Crippen LogP contribution in [-0.2, 0) is 11.2 Å². The highest BCUT2D eigenvalue weighted by atomic mass is 16.2. The van der Waals surface area contributed by atoms with E-state index >= 15 is 0 Å². The summed E-state index contributed by atoms with van der Waals surface area (Å²) in [6, 6.07) is 9.38.